The first-order chi connectivity index (χ1) is 14.8. The zero-order valence-corrected chi connectivity index (χ0v) is 19.4. The number of primary amides is 1. The molecule has 3 nitrogen and oxygen atoms in total. The fourth-order valence-electron chi connectivity index (χ4n) is 7.03. The van der Waals surface area contributed by atoms with Crippen molar-refractivity contribution in [2.75, 3.05) is 0 Å². The Labute approximate surface area is 188 Å². The van der Waals surface area contributed by atoms with Crippen LogP contribution in [0.3, 0.4) is 0 Å². The van der Waals surface area contributed by atoms with Crippen LogP contribution >= 0.6 is 0 Å². The van der Waals surface area contributed by atoms with Crippen molar-refractivity contribution in [1.29, 1.82) is 0 Å². The normalized spacial score (nSPS) is 34.0. The van der Waals surface area contributed by atoms with E-state index >= 15 is 0 Å². The van der Waals surface area contributed by atoms with Gasteiger partial charge in [-0.05, 0) is 81.6 Å². The molecule has 5 aliphatic rings. The SMILES string of the molecule is CC(C)=CC=C1C2CC3(C(N)=O)CC1CC(c1ccccc1)(C2)C3.NC1CCCCC1. The van der Waals surface area contributed by atoms with Crippen LogP contribution in [-0.2, 0) is 10.2 Å². The third-order valence-electron chi connectivity index (χ3n) is 8.34. The lowest BCUT2D eigenvalue weighted by Gasteiger charge is -2.62. The van der Waals surface area contributed by atoms with Crippen LogP contribution in [0.5, 0.6) is 0 Å². The molecule has 1 amide bonds. The second kappa shape index (κ2) is 8.94. The van der Waals surface area contributed by atoms with Crippen molar-refractivity contribution in [2.24, 2.45) is 28.7 Å². The quantitative estimate of drug-likeness (QED) is 0.650. The molecule has 0 aromatic heterocycles. The molecule has 1 aromatic rings. The average Bonchev–Trinajstić information content (AvgIpc) is 2.74. The molecular weight excluding hydrogens is 380 g/mol. The summed E-state index contributed by atoms with van der Waals surface area (Å²) in [5.41, 5.74) is 15.7. The van der Waals surface area contributed by atoms with Crippen LogP contribution in [0.25, 0.3) is 0 Å². The summed E-state index contributed by atoms with van der Waals surface area (Å²) >= 11 is 0. The minimum Gasteiger partial charge on any atom is -0.369 e. The summed E-state index contributed by atoms with van der Waals surface area (Å²) < 4.78 is 0. The Hall–Kier alpha value is -1.87. The van der Waals surface area contributed by atoms with Gasteiger partial charge in [-0.3, -0.25) is 4.79 Å². The van der Waals surface area contributed by atoms with Crippen LogP contribution in [0.2, 0.25) is 0 Å². The number of rotatable bonds is 3. The summed E-state index contributed by atoms with van der Waals surface area (Å²) in [6.45, 7) is 4.28. The van der Waals surface area contributed by atoms with Crippen molar-refractivity contribution < 1.29 is 4.79 Å². The van der Waals surface area contributed by atoms with Crippen molar-refractivity contribution in [3.63, 3.8) is 0 Å². The third-order valence-corrected chi connectivity index (χ3v) is 8.34. The Balaban J connectivity index is 0.000000282. The minimum atomic E-state index is -0.288. The molecular formula is C28H40N2O. The number of allylic oxidation sites excluding steroid dienone is 4. The van der Waals surface area contributed by atoms with Gasteiger partial charge in [-0.1, -0.05) is 72.9 Å². The van der Waals surface area contributed by atoms with Crippen molar-refractivity contribution in [2.45, 2.75) is 89.5 Å². The highest BCUT2D eigenvalue weighted by Crippen LogP contribution is 2.67. The predicted octanol–water partition coefficient (Wildman–Crippen LogP) is 5.79. The second-order valence-corrected chi connectivity index (χ2v) is 11.0. The molecule has 1 aromatic carbocycles. The number of hydrogen-bond acceptors (Lipinski definition) is 2. The maximum Gasteiger partial charge on any atom is 0.223 e. The third kappa shape index (κ3) is 4.53. The van der Waals surface area contributed by atoms with Gasteiger partial charge in [0.25, 0.3) is 0 Å². The first kappa shape index (κ1) is 22.3. The Morgan fingerprint density at radius 3 is 2.06 bits per heavy atom. The van der Waals surface area contributed by atoms with Crippen LogP contribution in [-0.4, -0.2) is 11.9 Å². The molecule has 5 aliphatic carbocycles. The standard InChI is InChI=1S/C22H27NO.C6H13N/c1-15(2)8-9-19-16-10-21(18-6-4-3-5-7-18)11-17(19)13-22(12-16,14-21)20(23)24;7-6-4-2-1-3-5-6/h3-9,16-17H,10-14H2,1-2H3,(H2,23,24);6H,1-5,7H2. The number of amides is 1. The fourth-order valence-corrected chi connectivity index (χ4v) is 7.03. The highest BCUT2D eigenvalue weighted by molar-refractivity contribution is 5.82. The molecule has 0 radical (unpaired) electrons. The van der Waals surface area contributed by atoms with E-state index in [1.807, 2.05) is 0 Å². The molecule has 6 rings (SSSR count). The summed E-state index contributed by atoms with van der Waals surface area (Å²) in [4.78, 5) is 12.4. The monoisotopic (exact) mass is 420 g/mol. The molecule has 3 heteroatoms. The molecule has 4 bridgehead atoms. The minimum absolute atomic E-state index is 0.0709. The van der Waals surface area contributed by atoms with Gasteiger partial charge in [0.15, 0.2) is 0 Å². The second-order valence-electron chi connectivity index (χ2n) is 11.0. The topological polar surface area (TPSA) is 69.1 Å². The molecule has 4 N–H and O–H groups in total. The van der Waals surface area contributed by atoms with Gasteiger partial charge in [0.05, 0.1) is 5.41 Å². The van der Waals surface area contributed by atoms with Crippen LogP contribution in [0.1, 0.15) is 83.6 Å². The zero-order valence-electron chi connectivity index (χ0n) is 19.4. The number of carbonyl (C=O) groups is 1. The Morgan fingerprint density at radius 1 is 0.968 bits per heavy atom. The molecule has 0 saturated heterocycles. The first-order valence-corrected chi connectivity index (χ1v) is 12.3. The van der Waals surface area contributed by atoms with Crippen LogP contribution < -0.4 is 11.5 Å². The van der Waals surface area contributed by atoms with Crippen LogP contribution in [0.15, 0.2) is 53.6 Å². The van der Waals surface area contributed by atoms with E-state index in [2.05, 4.69) is 56.3 Å². The summed E-state index contributed by atoms with van der Waals surface area (Å²) in [6.07, 6.45) is 16.4. The molecule has 5 saturated carbocycles. The molecule has 0 aliphatic heterocycles. The van der Waals surface area contributed by atoms with Crippen molar-refractivity contribution in [1.82, 2.24) is 0 Å². The van der Waals surface area contributed by atoms with Gasteiger partial charge >= 0.3 is 0 Å². The number of benzene rings is 1. The van der Waals surface area contributed by atoms with Gasteiger partial charge in [0.1, 0.15) is 0 Å². The predicted molar refractivity (Wildman–Crippen MR) is 128 cm³/mol. The van der Waals surface area contributed by atoms with E-state index in [1.54, 1.807) is 5.57 Å². The van der Waals surface area contributed by atoms with Crippen molar-refractivity contribution in [3.8, 4) is 0 Å². The summed E-state index contributed by atoms with van der Waals surface area (Å²) in [7, 11) is 0. The molecule has 2 unspecified atom stereocenters. The van der Waals surface area contributed by atoms with Crippen molar-refractivity contribution in [3.05, 3.63) is 59.2 Å². The molecule has 0 spiro atoms. The van der Waals surface area contributed by atoms with Crippen LogP contribution in [0.4, 0.5) is 0 Å². The van der Waals surface area contributed by atoms with Gasteiger partial charge < -0.3 is 11.5 Å². The van der Waals surface area contributed by atoms with E-state index in [-0.39, 0.29) is 16.7 Å². The van der Waals surface area contributed by atoms with E-state index in [1.165, 1.54) is 56.1 Å². The lowest BCUT2D eigenvalue weighted by atomic mass is 9.41. The smallest absolute Gasteiger partial charge is 0.223 e. The van der Waals surface area contributed by atoms with Gasteiger partial charge in [0, 0.05) is 6.04 Å². The summed E-state index contributed by atoms with van der Waals surface area (Å²) in [5.74, 6) is 0.947. The number of hydrogen-bond donors (Lipinski definition) is 2. The van der Waals surface area contributed by atoms with Gasteiger partial charge in [0.2, 0.25) is 5.91 Å². The largest absolute Gasteiger partial charge is 0.369 e. The maximum absolute atomic E-state index is 12.4. The van der Waals surface area contributed by atoms with E-state index < -0.39 is 0 Å². The Bertz CT molecular complexity index is 825. The maximum atomic E-state index is 12.4. The first-order valence-electron chi connectivity index (χ1n) is 12.3. The number of carbonyl (C=O) groups excluding carboxylic acids is 1. The molecule has 0 heterocycles. The Morgan fingerprint density at radius 2 is 1.58 bits per heavy atom. The Kier molecular flexibility index (Phi) is 6.44. The fraction of sp³-hybridized carbons (Fsp3) is 0.607. The van der Waals surface area contributed by atoms with E-state index in [0.29, 0.717) is 17.9 Å². The van der Waals surface area contributed by atoms with E-state index in [9.17, 15) is 4.79 Å². The molecule has 2 atom stereocenters. The number of nitrogens with two attached hydrogens (primary N) is 2. The van der Waals surface area contributed by atoms with Crippen molar-refractivity contribution >= 4 is 5.91 Å². The molecule has 5 fully saturated rings. The van der Waals surface area contributed by atoms with Gasteiger partial charge in [-0.15, -0.1) is 0 Å². The highest BCUT2D eigenvalue weighted by atomic mass is 16.1. The van der Waals surface area contributed by atoms with E-state index in [0.717, 1.165) is 19.3 Å². The lowest BCUT2D eigenvalue weighted by molar-refractivity contribution is -0.140. The van der Waals surface area contributed by atoms with Gasteiger partial charge in [-0.2, -0.15) is 0 Å². The van der Waals surface area contributed by atoms with E-state index in [4.69, 9.17) is 11.5 Å². The molecule has 31 heavy (non-hydrogen) atoms. The zero-order chi connectivity index (χ0) is 22.1. The lowest BCUT2D eigenvalue weighted by Crippen LogP contribution is -2.59. The summed E-state index contributed by atoms with van der Waals surface area (Å²) in [5, 5.41) is 0. The highest BCUT2D eigenvalue weighted by Gasteiger charge is 2.61. The molecule has 168 valence electrons. The van der Waals surface area contributed by atoms with Crippen LogP contribution in [0, 0.1) is 17.3 Å². The summed E-state index contributed by atoms with van der Waals surface area (Å²) in [6, 6.07) is 11.4. The average molecular weight is 421 g/mol. The van der Waals surface area contributed by atoms with Gasteiger partial charge in [-0.25, -0.2) is 0 Å².